The second kappa shape index (κ2) is 6.42. The van der Waals surface area contributed by atoms with Crippen LogP contribution in [-0.4, -0.2) is 48.6 Å². The molecule has 4 rings (SSSR count). The van der Waals surface area contributed by atoms with Crippen molar-refractivity contribution in [3.05, 3.63) is 29.3 Å². The zero-order chi connectivity index (χ0) is 17.4. The molecular weight excluding hydrogens is 318 g/mol. The van der Waals surface area contributed by atoms with Crippen molar-refractivity contribution in [3.8, 4) is 0 Å². The van der Waals surface area contributed by atoms with E-state index in [2.05, 4.69) is 15.5 Å². The van der Waals surface area contributed by atoms with Crippen LogP contribution in [0.1, 0.15) is 43.4 Å². The fourth-order valence-electron chi connectivity index (χ4n) is 4.12. The maximum atomic E-state index is 13.1. The third-order valence-corrected chi connectivity index (χ3v) is 5.82. The van der Waals surface area contributed by atoms with Gasteiger partial charge in [-0.2, -0.15) is 0 Å². The Morgan fingerprint density at radius 2 is 2.08 bits per heavy atom. The molecule has 2 N–H and O–H groups in total. The summed E-state index contributed by atoms with van der Waals surface area (Å²) < 4.78 is 5.44. The molecule has 2 heterocycles. The molecule has 1 unspecified atom stereocenters. The lowest BCUT2D eigenvalue weighted by atomic mass is 9.74. The Labute approximate surface area is 147 Å². The number of carbonyl (C=O) groups is 2. The summed E-state index contributed by atoms with van der Waals surface area (Å²) in [7, 11) is 0. The average Bonchev–Trinajstić information content (AvgIpc) is 2.94. The first-order valence-electron chi connectivity index (χ1n) is 9.15. The number of fused-ring (bicyclic) bond motifs is 1. The molecule has 2 amide bonds. The van der Waals surface area contributed by atoms with Crippen molar-refractivity contribution in [2.45, 2.75) is 44.2 Å². The summed E-state index contributed by atoms with van der Waals surface area (Å²) >= 11 is 0. The monoisotopic (exact) mass is 343 g/mol. The number of carbonyl (C=O) groups excluding carboxylic acids is 2. The fraction of sp³-hybridized carbons (Fsp3) is 0.579. The number of ether oxygens (including phenoxy) is 1. The Hall–Kier alpha value is -1.92. The zero-order valence-corrected chi connectivity index (χ0v) is 14.6. The molecule has 0 aromatic heterocycles. The lowest BCUT2D eigenvalue weighted by Crippen LogP contribution is -2.65. The summed E-state index contributed by atoms with van der Waals surface area (Å²) in [6.45, 7) is 5.07. The summed E-state index contributed by atoms with van der Waals surface area (Å²) in [5.41, 5.74) is 2.58. The van der Waals surface area contributed by atoms with Gasteiger partial charge in [0.2, 0.25) is 11.8 Å². The molecular formula is C19H25N3O3. The normalized spacial score (nSPS) is 23.3. The van der Waals surface area contributed by atoms with Crippen LogP contribution in [0.5, 0.6) is 0 Å². The van der Waals surface area contributed by atoms with E-state index in [1.165, 1.54) is 0 Å². The Morgan fingerprint density at radius 1 is 1.32 bits per heavy atom. The topological polar surface area (TPSA) is 70.7 Å². The summed E-state index contributed by atoms with van der Waals surface area (Å²) in [5, 5.41) is 6.06. The first-order chi connectivity index (χ1) is 12.1. The maximum absolute atomic E-state index is 13.1. The van der Waals surface area contributed by atoms with E-state index in [4.69, 9.17) is 4.74 Å². The van der Waals surface area contributed by atoms with Gasteiger partial charge < -0.3 is 15.4 Å². The van der Waals surface area contributed by atoms with E-state index in [-0.39, 0.29) is 23.4 Å². The molecule has 6 nitrogen and oxygen atoms in total. The highest BCUT2D eigenvalue weighted by Crippen LogP contribution is 2.39. The van der Waals surface area contributed by atoms with Gasteiger partial charge in [-0.15, -0.1) is 0 Å². The van der Waals surface area contributed by atoms with E-state index in [1.807, 2.05) is 25.1 Å². The second-order valence-corrected chi connectivity index (χ2v) is 7.32. The Morgan fingerprint density at radius 3 is 2.76 bits per heavy atom. The minimum atomic E-state index is -0.355. The van der Waals surface area contributed by atoms with Gasteiger partial charge in [0.05, 0.1) is 25.7 Å². The minimum absolute atomic E-state index is 0.0320. The molecule has 134 valence electrons. The molecule has 1 atom stereocenters. The van der Waals surface area contributed by atoms with E-state index in [1.54, 1.807) is 0 Å². The van der Waals surface area contributed by atoms with Gasteiger partial charge in [-0.1, -0.05) is 12.1 Å². The number of rotatable bonds is 4. The van der Waals surface area contributed by atoms with E-state index in [9.17, 15) is 9.59 Å². The number of nitrogens with zero attached hydrogens (tertiary/aromatic N) is 1. The van der Waals surface area contributed by atoms with Crippen LogP contribution in [0.3, 0.4) is 0 Å². The third-order valence-electron chi connectivity index (χ3n) is 5.82. The van der Waals surface area contributed by atoms with Crippen molar-refractivity contribution in [1.82, 2.24) is 10.2 Å². The van der Waals surface area contributed by atoms with E-state index in [0.717, 1.165) is 49.2 Å². The van der Waals surface area contributed by atoms with Crippen molar-refractivity contribution in [2.24, 2.45) is 0 Å². The van der Waals surface area contributed by atoms with Gasteiger partial charge in [0, 0.05) is 18.8 Å². The molecule has 1 saturated heterocycles. The molecule has 0 spiro atoms. The van der Waals surface area contributed by atoms with Gasteiger partial charge in [-0.3, -0.25) is 14.5 Å². The zero-order valence-electron chi connectivity index (χ0n) is 14.6. The predicted molar refractivity (Wildman–Crippen MR) is 94.3 cm³/mol. The molecule has 0 radical (unpaired) electrons. The molecule has 1 saturated carbocycles. The Balaban J connectivity index is 1.46. The molecule has 2 aliphatic heterocycles. The standard InChI is InChI=1S/C19H25N3O3/c1-13(14-3-4-16-15(11-14)12-17(23)21-16)20-18(24)19(5-2-6-19)22-7-9-25-10-8-22/h3-4,11,13H,2,5-10,12H2,1H3,(H,20,24)(H,21,23). The van der Waals surface area contributed by atoms with Crippen LogP contribution in [-0.2, 0) is 20.7 Å². The summed E-state index contributed by atoms with van der Waals surface area (Å²) in [4.78, 5) is 26.9. The summed E-state index contributed by atoms with van der Waals surface area (Å²) in [6.07, 6.45) is 3.37. The Bertz CT molecular complexity index is 693. The van der Waals surface area contributed by atoms with Crippen LogP contribution >= 0.6 is 0 Å². The molecule has 1 aromatic carbocycles. The molecule has 25 heavy (non-hydrogen) atoms. The number of nitrogens with one attached hydrogen (secondary N) is 2. The van der Waals surface area contributed by atoms with Crippen LogP contribution in [0.15, 0.2) is 18.2 Å². The molecule has 1 aromatic rings. The molecule has 1 aliphatic carbocycles. The SMILES string of the molecule is CC(NC(=O)C1(N2CCOCC2)CCC1)c1ccc2c(c1)CC(=O)N2. The number of morpholine rings is 1. The first kappa shape index (κ1) is 16.5. The molecule has 0 bridgehead atoms. The number of benzene rings is 1. The van der Waals surface area contributed by atoms with E-state index < -0.39 is 0 Å². The Kier molecular flexibility index (Phi) is 4.25. The summed E-state index contributed by atoms with van der Waals surface area (Å²) in [6, 6.07) is 5.86. The highest BCUT2D eigenvalue weighted by molar-refractivity contribution is 5.99. The predicted octanol–water partition coefficient (Wildman–Crippen LogP) is 1.61. The first-order valence-corrected chi connectivity index (χ1v) is 9.15. The summed E-state index contributed by atoms with van der Waals surface area (Å²) in [5.74, 6) is 0.160. The molecule has 3 aliphatic rings. The number of hydrogen-bond acceptors (Lipinski definition) is 4. The molecule has 2 fully saturated rings. The van der Waals surface area contributed by atoms with Gasteiger partial charge in [0.1, 0.15) is 5.54 Å². The van der Waals surface area contributed by atoms with Crippen LogP contribution in [0.2, 0.25) is 0 Å². The smallest absolute Gasteiger partial charge is 0.241 e. The molecule has 6 heteroatoms. The largest absolute Gasteiger partial charge is 0.379 e. The van der Waals surface area contributed by atoms with Gasteiger partial charge in [-0.05, 0) is 43.4 Å². The number of anilines is 1. The van der Waals surface area contributed by atoms with Gasteiger partial charge >= 0.3 is 0 Å². The quantitative estimate of drug-likeness (QED) is 0.871. The number of hydrogen-bond donors (Lipinski definition) is 2. The van der Waals surface area contributed by atoms with Crippen molar-refractivity contribution in [3.63, 3.8) is 0 Å². The minimum Gasteiger partial charge on any atom is -0.379 e. The van der Waals surface area contributed by atoms with Gasteiger partial charge in [0.15, 0.2) is 0 Å². The lowest BCUT2D eigenvalue weighted by Gasteiger charge is -2.50. The second-order valence-electron chi connectivity index (χ2n) is 7.32. The lowest BCUT2D eigenvalue weighted by molar-refractivity contribution is -0.145. The van der Waals surface area contributed by atoms with Gasteiger partial charge in [-0.25, -0.2) is 0 Å². The van der Waals surface area contributed by atoms with E-state index >= 15 is 0 Å². The van der Waals surface area contributed by atoms with Crippen LogP contribution in [0, 0.1) is 0 Å². The highest BCUT2D eigenvalue weighted by Gasteiger charge is 2.49. The van der Waals surface area contributed by atoms with Gasteiger partial charge in [0.25, 0.3) is 0 Å². The van der Waals surface area contributed by atoms with Crippen molar-refractivity contribution >= 4 is 17.5 Å². The van der Waals surface area contributed by atoms with Crippen LogP contribution < -0.4 is 10.6 Å². The maximum Gasteiger partial charge on any atom is 0.241 e. The van der Waals surface area contributed by atoms with Crippen molar-refractivity contribution in [2.75, 3.05) is 31.6 Å². The highest BCUT2D eigenvalue weighted by atomic mass is 16.5. The number of amides is 2. The average molecular weight is 343 g/mol. The third kappa shape index (κ3) is 2.93. The van der Waals surface area contributed by atoms with Crippen molar-refractivity contribution in [1.29, 1.82) is 0 Å². The van der Waals surface area contributed by atoms with E-state index in [0.29, 0.717) is 19.6 Å². The fourth-order valence-corrected chi connectivity index (χ4v) is 4.12. The van der Waals surface area contributed by atoms with Crippen LogP contribution in [0.25, 0.3) is 0 Å². The van der Waals surface area contributed by atoms with Crippen molar-refractivity contribution < 1.29 is 14.3 Å². The van der Waals surface area contributed by atoms with Crippen LogP contribution in [0.4, 0.5) is 5.69 Å².